The average Bonchev–Trinajstić information content (AvgIpc) is 2.57. The Morgan fingerprint density at radius 3 is 2.71 bits per heavy atom. The van der Waals surface area contributed by atoms with Crippen LogP contribution in [-0.4, -0.2) is 23.6 Å². The highest BCUT2D eigenvalue weighted by Crippen LogP contribution is 2.13. The third kappa shape index (κ3) is 4.98. The zero-order valence-electron chi connectivity index (χ0n) is 14.2. The Morgan fingerprint density at radius 2 is 1.96 bits per heavy atom. The second kappa shape index (κ2) is 8.91. The summed E-state index contributed by atoms with van der Waals surface area (Å²) in [5.74, 6) is 0.591. The molecule has 0 saturated carbocycles. The van der Waals surface area contributed by atoms with E-state index in [-0.39, 0.29) is 11.5 Å². The highest BCUT2D eigenvalue weighted by Gasteiger charge is 2.06. The Balaban J connectivity index is 1.77. The number of hydrogen-bond acceptors (Lipinski definition) is 3. The number of unbranched alkanes of at least 4 members (excludes halogenated alkanes) is 1. The lowest BCUT2D eigenvalue weighted by atomic mass is 10.2. The summed E-state index contributed by atoms with van der Waals surface area (Å²) >= 11 is 0. The number of rotatable bonds is 8. The minimum absolute atomic E-state index is 0.0202. The van der Waals surface area contributed by atoms with Crippen LogP contribution in [0.25, 0.3) is 0 Å². The van der Waals surface area contributed by atoms with Crippen molar-refractivity contribution in [2.75, 3.05) is 13.2 Å². The van der Waals surface area contributed by atoms with E-state index in [0.29, 0.717) is 31.0 Å². The molecule has 1 heterocycles. The zero-order chi connectivity index (χ0) is 17.4. The summed E-state index contributed by atoms with van der Waals surface area (Å²) in [6, 6.07) is 12.4. The Hall–Kier alpha value is -2.56. The summed E-state index contributed by atoms with van der Waals surface area (Å²) in [5, 5.41) is 2.90. The second-order valence-electron chi connectivity index (χ2n) is 5.58. The molecule has 1 aromatic heterocycles. The summed E-state index contributed by atoms with van der Waals surface area (Å²) in [5.41, 5.74) is 1.57. The standard InChI is InChI=1S/C19H24N2O3/c1-3-24-17-10-7-9-16(14-17)19(23)20-12-4-5-13-21-15(2)8-6-11-18(21)22/h6-11,14H,3-5,12-13H2,1-2H3,(H,20,23). The first-order chi connectivity index (χ1) is 11.6. The first-order valence-corrected chi connectivity index (χ1v) is 8.29. The Morgan fingerprint density at radius 1 is 1.17 bits per heavy atom. The van der Waals surface area contributed by atoms with E-state index in [9.17, 15) is 9.59 Å². The minimum atomic E-state index is -0.107. The number of carbonyl (C=O) groups excluding carboxylic acids is 1. The van der Waals surface area contributed by atoms with Gasteiger partial charge in [-0.2, -0.15) is 0 Å². The zero-order valence-corrected chi connectivity index (χ0v) is 14.2. The van der Waals surface area contributed by atoms with Crippen molar-refractivity contribution in [2.45, 2.75) is 33.2 Å². The van der Waals surface area contributed by atoms with Gasteiger partial charge in [0.2, 0.25) is 0 Å². The van der Waals surface area contributed by atoms with Crippen molar-refractivity contribution in [3.05, 3.63) is 64.1 Å². The lowest BCUT2D eigenvalue weighted by molar-refractivity contribution is 0.0952. The molecule has 0 bridgehead atoms. The van der Waals surface area contributed by atoms with Gasteiger partial charge in [0, 0.05) is 30.4 Å². The van der Waals surface area contributed by atoms with Crippen LogP contribution in [0.3, 0.4) is 0 Å². The van der Waals surface area contributed by atoms with Gasteiger partial charge in [-0.1, -0.05) is 12.1 Å². The minimum Gasteiger partial charge on any atom is -0.494 e. The number of ether oxygens (including phenoxy) is 1. The highest BCUT2D eigenvalue weighted by molar-refractivity contribution is 5.94. The molecule has 0 atom stereocenters. The van der Waals surface area contributed by atoms with Crippen LogP contribution in [0.5, 0.6) is 5.75 Å². The van der Waals surface area contributed by atoms with Gasteiger partial charge in [0.25, 0.3) is 11.5 Å². The van der Waals surface area contributed by atoms with Crippen molar-refractivity contribution in [1.82, 2.24) is 9.88 Å². The largest absolute Gasteiger partial charge is 0.494 e. The quantitative estimate of drug-likeness (QED) is 0.758. The predicted octanol–water partition coefficient (Wildman–Crippen LogP) is 2.77. The first-order valence-electron chi connectivity index (χ1n) is 8.29. The molecule has 0 aliphatic heterocycles. The molecule has 5 heteroatoms. The van der Waals surface area contributed by atoms with E-state index in [2.05, 4.69) is 5.32 Å². The molecule has 2 aromatic rings. The van der Waals surface area contributed by atoms with E-state index in [1.807, 2.05) is 32.0 Å². The molecular formula is C19H24N2O3. The number of carbonyl (C=O) groups is 1. The maximum Gasteiger partial charge on any atom is 0.251 e. The van der Waals surface area contributed by atoms with Crippen LogP contribution in [0.2, 0.25) is 0 Å². The molecule has 0 aliphatic carbocycles. The fraction of sp³-hybridized carbons (Fsp3) is 0.368. The van der Waals surface area contributed by atoms with Crippen LogP contribution < -0.4 is 15.6 Å². The monoisotopic (exact) mass is 328 g/mol. The van der Waals surface area contributed by atoms with Crippen LogP contribution in [-0.2, 0) is 6.54 Å². The van der Waals surface area contributed by atoms with Gasteiger partial charge in [-0.15, -0.1) is 0 Å². The molecule has 0 fully saturated rings. The number of pyridine rings is 1. The number of hydrogen-bond donors (Lipinski definition) is 1. The van der Waals surface area contributed by atoms with Crippen LogP contribution in [0, 0.1) is 6.92 Å². The Labute approximate surface area is 142 Å². The first kappa shape index (κ1) is 17.8. The molecule has 5 nitrogen and oxygen atoms in total. The lowest BCUT2D eigenvalue weighted by Gasteiger charge is -2.10. The van der Waals surface area contributed by atoms with E-state index in [4.69, 9.17) is 4.74 Å². The van der Waals surface area contributed by atoms with Gasteiger partial charge in [-0.25, -0.2) is 0 Å². The molecule has 2 rings (SSSR count). The van der Waals surface area contributed by atoms with Crippen molar-refractivity contribution in [1.29, 1.82) is 0 Å². The molecule has 1 N–H and O–H groups in total. The van der Waals surface area contributed by atoms with E-state index >= 15 is 0 Å². The van der Waals surface area contributed by atoms with Crippen molar-refractivity contribution >= 4 is 5.91 Å². The van der Waals surface area contributed by atoms with Gasteiger partial charge >= 0.3 is 0 Å². The van der Waals surface area contributed by atoms with E-state index in [0.717, 1.165) is 18.5 Å². The van der Waals surface area contributed by atoms with Crippen LogP contribution >= 0.6 is 0 Å². The maximum absolute atomic E-state index is 12.1. The topological polar surface area (TPSA) is 60.3 Å². The fourth-order valence-electron chi connectivity index (χ4n) is 2.50. The molecule has 0 spiro atoms. The van der Waals surface area contributed by atoms with E-state index in [1.165, 1.54) is 0 Å². The van der Waals surface area contributed by atoms with Gasteiger partial charge < -0.3 is 14.6 Å². The maximum atomic E-state index is 12.1. The van der Waals surface area contributed by atoms with Crippen molar-refractivity contribution in [2.24, 2.45) is 0 Å². The molecule has 128 valence electrons. The molecule has 0 radical (unpaired) electrons. The number of nitrogens with zero attached hydrogens (tertiary/aromatic N) is 1. The molecule has 1 amide bonds. The fourth-order valence-corrected chi connectivity index (χ4v) is 2.50. The third-order valence-corrected chi connectivity index (χ3v) is 3.77. The molecule has 0 aliphatic rings. The number of aryl methyl sites for hydroxylation is 1. The Kier molecular flexibility index (Phi) is 6.61. The number of aromatic nitrogens is 1. The molecule has 24 heavy (non-hydrogen) atoms. The molecule has 0 saturated heterocycles. The second-order valence-corrected chi connectivity index (χ2v) is 5.58. The van der Waals surface area contributed by atoms with Gasteiger partial charge in [0.15, 0.2) is 0 Å². The highest BCUT2D eigenvalue weighted by atomic mass is 16.5. The van der Waals surface area contributed by atoms with Crippen LogP contribution in [0.15, 0.2) is 47.3 Å². The Bertz CT molecular complexity index is 737. The smallest absolute Gasteiger partial charge is 0.251 e. The summed E-state index contributed by atoms with van der Waals surface area (Å²) in [6.07, 6.45) is 1.65. The van der Waals surface area contributed by atoms with Gasteiger partial charge in [-0.3, -0.25) is 9.59 Å². The lowest BCUT2D eigenvalue weighted by Crippen LogP contribution is -2.25. The molecule has 1 aromatic carbocycles. The predicted molar refractivity (Wildman–Crippen MR) is 94.6 cm³/mol. The van der Waals surface area contributed by atoms with Crippen LogP contribution in [0.4, 0.5) is 0 Å². The third-order valence-electron chi connectivity index (χ3n) is 3.77. The van der Waals surface area contributed by atoms with Crippen LogP contribution in [0.1, 0.15) is 35.8 Å². The van der Waals surface area contributed by atoms with Crippen molar-refractivity contribution in [3.63, 3.8) is 0 Å². The molecular weight excluding hydrogens is 304 g/mol. The van der Waals surface area contributed by atoms with Gasteiger partial charge in [0.1, 0.15) is 5.75 Å². The number of benzene rings is 1. The molecule has 0 unspecified atom stereocenters. The van der Waals surface area contributed by atoms with Crippen molar-refractivity contribution in [3.8, 4) is 5.75 Å². The number of amides is 1. The summed E-state index contributed by atoms with van der Waals surface area (Å²) in [7, 11) is 0. The summed E-state index contributed by atoms with van der Waals surface area (Å²) < 4.78 is 7.16. The normalized spacial score (nSPS) is 10.4. The summed E-state index contributed by atoms with van der Waals surface area (Å²) in [6.45, 7) is 5.66. The SMILES string of the molecule is CCOc1cccc(C(=O)NCCCCn2c(C)cccc2=O)c1. The summed E-state index contributed by atoms with van der Waals surface area (Å²) in [4.78, 5) is 23.9. The average molecular weight is 328 g/mol. The van der Waals surface area contributed by atoms with E-state index < -0.39 is 0 Å². The number of nitrogens with one attached hydrogen (secondary N) is 1. The van der Waals surface area contributed by atoms with Gasteiger partial charge in [0.05, 0.1) is 6.61 Å². The van der Waals surface area contributed by atoms with E-state index in [1.54, 1.807) is 28.8 Å². The van der Waals surface area contributed by atoms with Gasteiger partial charge in [-0.05, 0) is 51.0 Å². The van der Waals surface area contributed by atoms with Crippen molar-refractivity contribution < 1.29 is 9.53 Å².